The summed E-state index contributed by atoms with van der Waals surface area (Å²) in [5.41, 5.74) is 3.73. The third kappa shape index (κ3) is 5.63. The molecular weight excluding hydrogens is 407 g/mol. The van der Waals surface area contributed by atoms with Crippen molar-refractivity contribution in [3.05, 3.63) is 52.6 Å². The molecule has 32 heavy (non-hydrogen) atoms. The van der Waals surface area contributed by atoms with Crippen LogP contribution in [0.15, 0.2) is 24.4 Å². The van der Waals surface area contributed by atoms with Gasteiger partial charge in [0.2, 0.25) is 11.9 Å². The summed E-state index contributed by atoms with van der Waals surface area (Å²) in [5.74, 6) is 0.686. The number of carbonyl (C=O) groups is 1. The lowest BCUT2D eigenvalue weighted by molar-refractivity contribution is -0.136. The number of aromatic nitrogens is 2. The van der Waals surface area contributed by atoms with Crippen LogP contribution in [0.5, 0.6) is 0 Å². The summed E-state index contributed by atoms with van der Waals surface area (Å²) in [4.78, 5) is 23.2. The van der Waals surface area contributed by atoms with Gasteiger partial charge in [0, 0.05) is 37.4 Å². The van der Waals surface area contributed by atoms with Gasteiger partial charge in [-0.3, -0.25) is 4.79 Å². The Balaban J connectivity index is 0.000000243. The second-order valence-corrected chi connectivity index (χ2v) is 8.97. The van der Waals surface area contributed by atoms with Crippen LogP contribution in [-0.2, 0) is 28.0 Å². The zero-order valence-electron chi connectivity index (χ0n) is 19.9. The first kappa shape index (κ1) is 24.1. The van der Waals surface area contributed by atoms with Crippen molar-refractivity contribution < 1.29 is 13.9 Å². The van der Waals surface area contributed by atoms with E-state index in [1.54, 1.807) is 12.1 Å². The Morgan fingerprint density at radius 2 is 1.97 bits per heavy atom. The standard InChI is InChI=1S/C16H24N4O2.C9H11F/c1-4-14(21)20-10-13-12(16(20,2)3)9-17-15(19-13)18-11-5-7-22-8-6-11;1-3-8-4-7(2)5-9(10)6-8/h9,11H,4-8,10H2,1-3H3,(H,17,18,19);4-6H,3H2,1-2H3. The number of nitrogens with one attached hydrogen (secondary N) is 1. The van der Waals surface area contributed by atoms with Gasteiger partial charge >= 0.3 is 0 Å². The second-order valence-electron chi connectivity index (χ2n) is 8.97. The number of halogens is 1. The molecule has 2 aliphatic heterocycles. The Bertz CT molecular complexity index is 921. The molecule has 1 N–H and O–H groups in total. The molecule has 2 aromatic rings. The van der Waals surface area contributed by atoms with Gasteiger partial charge in [-0.2, -0.15) is 0 Å². The van der Waals surface area contributed by atoms with E-state index in [9.17, 15) is 9.18 Å². The lowest BCUT2D eigenvalue weighted by Gasteiger charge is -2.31. The average molecular weight is 443 g/mol. The van der Waals surface area contributed by atoms with E-state index in [1.165, 1.54) is 0 Å². The molecule has 4 rings (SSSR count). The van der Waals surface area contributed by atoms with Crippen LogP contribution in [0.3, 0.4) is 0 Å². The molecule has 1 amide bonds. The molecule has 3 heterocycles. The molecule has 1 fully saturated rings. The number of carbonyl (C=O) groups excluding carboxylic acids is 1. The van der Waals surface area contributed by atoms with Crippen molar-refractivity contribution in [3.8, 4) is 0 Å². The molecule has 0 unspecified atom stereocenters. The summed E-state index contributed by atoms with van der Waals surface area (Å²) in [6, 6.07) is 5.49. The first-order chi connectivity index (χ1) is 15.2. The van der Waals surface area contributed by atoms with E-state index in [1.807, 2.05) is 37.9 Å². The van der Waals surface area contributed by atoms with Crippen molar-refractivity contribution in [1.29, 1.82) is 0 Å². The van der Waals surface area contributed by atoms with Crippen molar-refractivity contribution in [2.75, 3.05) is 18.5 Å². The predicted octanol–water partition coefficient (Wildman–Crippen LogP) is 4.75. The van der Waals surface area contributed by atoms with E-state index in [2.05, 4.69) is 29.1 Å². The monoisotopic (exact) mass is 442 g/mol. The number of rotatable bonds is 4. The minimum Gasteiger partial charge on any atom is -0.381 e. The highest BCUT2D eigenvalue weighted by Crippen LogP contribution is 2.38. The fourth-order valence-corrected chi connectivity index (χ4v) is 4.24. The molecule has 1 aromatic heterocycles. The number of fused-ring (bicyclic) bond motifs is 1. The number of anilines is 1. The summed E-state index contributed by atoms with van der Waals surface area (Å²) in [7, 11) is 0. The quantitative estimate of drug-likeness (QED) is 0.740. The number of ether oxygens (including phenoxy) is 1. The number of nitrogens with zero attached hydrogens (tertiary/aromatic N) is 3. The van der Waals surface area contributed by atoms with Gasteiger partial charge in [-0.15, -0.1) is 0 Å². The zero-order valence-corrected chi connectivity index (χ0v) is 19.9. The van der Waals surface area contributed by atoms with E-state index in [0.717, 1.165) is 54.9 Å². The highest BCUT2D eigenvalue weighted by atomic mass is 19.1. The van der Waals surface area contributed by atoms with E-state index in [-0.39, 0.29) is 17.3 Å². The van der Waals surface area contributed by atoms with Crippen molar-refractivity contribution in [2.45, 2.75) is 78.4 Å². The Kier molecular flexibility index (Phi) is 7.82. The van der Waals surface area contributed by atoms with Gasteiger partial charge in [0.1, 0.15) is 5.82 Å². The molecule has 0 atom stereocenters. The Morgan fingerprint density at radius 3 is 2.59 bits per heavy atom. The van der Waals surface area contributed by atoms with Crippen LogP contribution in [0.1, 0.15) is 69.3 Å². The molecule has 6 nitrogen and oxygen atoms in total. The topological polar surface area (TPSA) is 67.4 Å². The van der Waals surface area contributed by atoms with Crippen molar-refractivity contribution in [1.82, 2.24) is 14.9 Å². The van der Waals surface area contributed by atoms with Crippen molar-refractivity contribution >= 4 is 11.9 Å². The number of benzene rings is 1. The Labute approximate surface area is 190 Å². The van der Waals surface area contributed by atoms with Crippen LogP contribution in [-0.4, -0.2) is 40.0 Å². The van der Waals surface area contributed by atoms with Crippen LogP contribution in [0, 0.1) is 12.7 Å². The molecular formula is C25H35FN4O2. The Hall–Kier alpha value is -2.54. The lowest BCUT2D eigenvalue weighted by Crippen LogP contribution is -2.39. The summed E-state index contributed by atoms with van der Waals surface area (Å²) in [6.07, 6.45) is 5.24. The van der Waals surface area contributed by atoms with Crippen molar-refractivity contribution in [3.63, 3.8) is 0 Å². The minimum atomic E-state index is -0.334. The number of amides is 1. The van der Waals surface area contributed by atoms with Crippen LogP contribution < -0.4 is 5.32 Å². The number of hydrogen-bond acceptors (Lipinski definition) is 5. The average Bonchev–Trinajstić information content (AvgIpc) is 3.03. The number of aryl methyl sites for hydroxylation is 2. The highest BCUT2D eigenvalue weighted by Gasteiger charge is 2.41. The van der Waals surface area contributed by atoms with Gasteiger partial charge in [-0.05, 0) is 63.3 Å². The third-order valence-corrected chi connectivity index (χ3v) is 6.18. The Morgan fingerprint density at radius 1 is 1.25 bits per heavy atom. The maximum absolute atomic E-state index is 12.6. The summed E-state index contributed by atoms with van der Waals surface area (Å²) >= 11 is 0. The number of hydrogen-bond donors (Lipinski definition) is 1. The second kappa shape index (κ2) is 10.4. The van der Waals surface area contributed by atoms with E-state index in [0.29, 0.717) is 25.0 Å². The van der Waals surface area contributed by atoms with Gasteiger partial charge in [0.15, 0.2) is 0 Å². The van der Waals surface area contributed by atoms with Gasteiger partial charge < -0.3 is 15.0 Å². The zero-order chi connectivity index (χ0) is 23.3. The molecule has 0 aliphatic carbocycles. The van der Waals surface area contributed by atoms with E-state index >= 15 is 0 Å². The fourth-order valence-electron chi connectivity index (χ4n) is 4.24. The molecule has 174 valence electrons. The van der Waals surface area contributed by atoms with Gasteiger partial charge in [-0.1, -0.05) is 19.9 Å². The van der Waals surface area contributed by atoms with E-state index in [4.69, 9.17) is 4.74 Å². The molecule has 7 heteroatoms. The summed E-state index contributed by atoms with van der Waals surface area (Å²) in [5, 5.41) is 3.39. The van der Waals surface area contributed by atoms with Crippen LogP contribution in [0.2, 0.25) is 0 Å². The van der Waals surface area contributed by atoms with Gasteiger partial charge in [0.05, 0.1) is 17.8 Å². The molecule has 1 saturated heterocycles. The largest absolute Gasteiger partial charge is 0.381 e. The smallest absolute Gasteiger partial charge is 0.223 e. The third-order valence-electron chi connectivity index (χ3n) is 6.18. The van der Waals surface area contributed by atoms with E-state index < -0.39 is 0 Å². The van der Waals surface area contributed by atoms with Crippen LogP contribution in [0.4, 0.5) is 10.3 Å². The molecule has 0 bridgehead atoms. The fraction of sp³-hybridized carbons (Fsp3) is 0.560. The van der Waals surface area contributed by atoms with Crippen LogP contribution in [0.25, 0.3) is 0 Å². The first-order valence-electron chi connectivity index (χ1n) is 11.5. The molecule has 0 spiro atoms. The van der Waals surface area contributed by atoms with Gasteiger partial charge in [0.25, 0.3) is 0 Å². The molecule has 2 aliphatic rings. The normalized spacial score (nSPS) is 17.4. The molecule has 1 aromatic carbocycles. The summed E-state index contributed by atoms with van der Waals surface area (Å²) < 4.78 is 18.0. The highest BCUT2D eigenvalue weighted by molar-refractivity contribution is 5.77. The SMILES string of the molecule is CCC(=O)N1Cc2nc(NC3CCOCC3)ncc2C1(C)C.CCc1cc(C)cc(F)c1. The lowest BCUT2D eigenvalue weighted by atomic mass is 9.97. The summed E-state index contributed by atoms with van der Waals surface area (Å²) in [6.45, 7) is 12.1. The first-order valence-corrected chi connectivity index (χ1v) is 11.5. The molecule has 0 saturated carbocycles. The molecule has 0 radical (unpaired) electrons. The minimum absolute atomic E-state index is 0.128. The van der Waals surface area contributed by atoms with Crippen molar-refractivity contribution in [2.24, 2.45) is 0 Å². The maximum atomic E-state index is 12.6. The van der Waals surface area contributed by atoms with Gasteiger partial charge in [-0.25, -0.2) is 14.4 Å². The predicted molar refractivity (Wildman–Crippen MR) is 124 cm³/mol. The van der Waals surface area contributed by atoms with Crippen LogP contribution >= 0.6 is 0 Å². The maximum Gasteiger partial charge on any atom is 0.223 e.